The van der Waals surface area contributed by atoms with Crippen LogP contribution in [0, 0.1) is 11.3 Å². The molecule has 10 heavy (non-hydrogen) atoms. The van der Waals surface area contributed by atoms with Gasteiger partial charge in [0.25, 0.3) is 0 Å². The van der Waals surface area contributed by atoms with Crippen LogP contribution in [0.3, 0.4) is 0 Å². The molecule has 1 fully saturated rings. The van der Waals surface area contributed by atoms with E-state index in [-0.39, 0.29) is 17.2 Å². The van der Waals surface area contributed by atoms with E-state index in [9.17, 15) is 4.79 Å². The monoisotopic (exact) mass is 139 g/mol. The van der Waals surface area contributed by atoms with Crippen molar-refractivity contribution < 1.29 is 4.79 Å². The Labute approximate surface area is 61.3 Å². The lowest BCUT2D eigenvalue weighted by molar-refractivity contribution is -0.122. The quantitative estimate of drug-likeness (QED) is 0.538. The van der Waals surface area contributed by atoms with E-state index in [4.69, 9.17) is 0 Å². The molecule has 2 heteroatoms. The van der Waals surface area contributed by atoms with E-state index in [1.54, 1.807) is 6.08 Å². The zero-order valence-corrected chi connectivity index (χ0v) is 6.48. The third kappa shape index (κ3) is 0.939. The second kappa shape index (κ2) is 2.11. The van der Waals surface area contributed by atoms with E-state index in [0.29, 0.717) is 0 Å². The lowest BCUT2D eigenvalue weighted by atomic mass is 9.82. The molecule has 1 rings (SSSR count). The summed E-state index contributed by atoms with van der Waals surface area (Å²) >= 11 is 0. The highest BCUT2D eigenvalue weighted by atomic mass is 16.2. The van der Waals surface area contributed by atoms with Crippen LogP contribution >= 0.6 is 0 Å². The van der Waals surface area contributed by atoms with Crippen LogP contribution in [0.25, 0.3) is 0 Å². The number of hydrogen-bond donors (Lipinski definition) is 1. The molecule has 0 spiro atoms. The van der Waals surface area contributed by atoms with Crippen LogP contribution in [-0.2, 0) is 4.79 Å². The Balaban J connectivity index is 2.82. The fourth-order valence-electron chi connectivity index (χ4n) is 1.32. The maximum atomic E-state index is 11.0. The third-order valence-corrected chi connectivity index (χ3v) is 2.08. The molecule has 1 unspecified atom stereocenters. The van der Waals surface area contributed by atoms with Gasteiger partial charge in [-0.1, -0.05) is 19.9 Å². The molecule has 1 saturated heterocycles. The minimum absolute atomic E-state index is 0.00694. The van der Waals surface area contributed by atoms with E-state index in [1.165, 1.54) is 0 Å². The number of rotatable bonds is 1. The second-order valence-corrected chi connectivity index (χ2v) is 3.42. The van der Waals surface area contributed by atoms with Gasteiger partial charge in [-0.25, -0.2) is 0 Å². The second-order valence-electron chi connectivity index (χ2n) is 3.42. The van der Waals surface area contributed by atoms with Crippen LogP contribution < -0.4 is 5.32 Å². The number of hydrogen-bond acceptors (Lipinski definition) is 1. The Bertz CT molecular complexity index is 172. The molecule has 1 aliphatic rings. The zero-order valence-electron chi connectivity index (χ0n) is 6.48. The minimum Gasteiger partial charge on any atom is -0.355 e. The largest absolute Gasteiger partial charge is 0.355 e. The Morgan fingerprint density at radius 2 is 2.40 bits per heavy atom. The summed E-state index contributed by atoms with van der Waals surface area (Å²) in [6.07, 6.45) is 1.72. The normalized spacial score (nSPS) is 29.8. The van der Waals surface area contributed by atoms with Crippen molar-refractivity contribution in [1.29, 1.82) is 0 Å². The minimum atomic E-state index is -0.00694. The predicted octanol–water partition coefficient (Wildman–Crippen LogP) is 0.945. The molecule has 0 aromatic rings. The third-order valence-electron chi connectivity index (χ3n) is 2.08. The molecule has 1 aliphatic heterocycles. The van der Waals surface area contributed by atoms with Gasteiger partial charge in [-0.3, -0.25) is 4.79 Å². The summed E-state index contributed by atoms with van der Waals surface area (Å²) in [5, 5.41) is 2.80. The van der Waals surface area contributed by atoms with Crippen molar-refractivity contribution in [1.82, 2.24) is 5.32 Å². The molecule has 56 valence electrons. The average Bonchev–Trinajstić information content (AvgIpc) is 2.07. The highest BCUT2D eigenvalue weighted by molar-refractivity contribution is 5.83. The van der Waals surface area contributed by atoms with Crippen molar-refractivity contribution in [3.63, 3.8) is 0 Å². The molecule has 0 bridgehead atoms. The smallest absolute Gasteiger partial charge is 0.227 e. The molecule has 2 nitrogen and oxygen atoms in total. The van der Waals surface area contributed by atoms with E-state index in [2.05, 4.69) is 25.7 Å². The molecule has 1 atom stereocenters. The van der Waals surface area contributed by atoms with E-state index in [0.717, 1.165) is 6.54 Å². The number of amides is 1. The molecule has 0 aromatic heterocycles. The lowest BCUT2D eigenvalue weighted by Crippen LogP contribution is -2.21. The van der Waals surface area contributed by atoms with Crippen LogP contribution in [0.15, 0.2) is 12.7 Å². The molecule has 0 aliphatic carbocycles. The predicted molar refractivity (Wildman–Crippen MR) is 40.5 cm³/mol. The van der Waals surface area contributed by atoms with E-state index in [1.807, 2.05) is 0 Å². The summed E-state index contributed by atoms with van der Waals surface area (Å²) in [4.78, 5) is 11.0. The van der Waals surface area contributed by atoms with Crippen molar-refractivity contribution in [2.24, 2.45) is 11.3 Å². The van der Waals surface area contributed by atoms with Crippen molar-refractivity contribution in [2.75, 3.05) is 6.54 Å². The zero-order chi connectivity index (χ0) is 7.78. The number of carbonyl (C=O) groups excluding carboxylic acids is 1. The van der Waals surface area contributed by atoms with Crippen molar-refractivity contribution in [3.8, 4) is 0 Å². The standard InChI is InChI=1S/C8H13NO/c1-4-6-7(10)9-5-8(6,2)3/h4,6H,1,5H2,2-3H3,(H,9,10). The SMILES string of the molecule is C=CC1C(=O)NCC1(C)C. The molecule has 0 radical (unpaired) electrons. The fraction of sp³-hybridized carbons (Fsp3) is 0.625. The Hall–Kier alpha value is -0.790. The fourth-order valence-corrected chi connectivity index (χ4v) is 1.32. The van der Waals surface area contributed by atoms with Crippen molar-refractivity contribution in [2.45, 2.75) is 13.8 Å². The van der Waals surface area contributed by atoms with Gasteiger partial charge in [-0.15, -0.1) is 6.58 Å². The van der Waals surface area contributed by atoms with Gasteiger partial charge in [-0.2, -0.15) is 0 Å². The first-order chi connectivity index (χ1) is 4.58. The molecule has 0 saturated carbocycles. The van der Waals surface area contributed by atoms with Gasteiger partial charge < -0.3 is 5.32 Å². The molecular weight excluding hydrogens is 126 g/mol. The topological polar surface area (TPSA) is 29.1 Å². The molecule has 1 N–H and O–H groups in total. The molecule has 1 heterocycles. The summed E-state index contributed by atoms with van der Waals surface area (Å²) in [7, 11) is 0. The molecule has 0 aromatic carbocycles. The van der Waals surface area contributed by atoms with Gasteiger partial charge in [-0.05, 0) is 5.41 Å². The van der Waals surface area contributed by atoms with Crippen LogP contribution in [0.1, 0.15) is 13.8 Å². The van der Waals surface area contributed by atoms with Crippen LogP contribution in [0.5, 0.6) is 0 Å². The summed E-state index contributed by atoms with van der Waals surface area (Å²) in [5.41, 5.74) is 0.0544. The first kappa shape index (κ1) is 7.32. The summed E-state index contributed by atoms with van der Waals surface area (Å²) in [5.74, 6) is 0.104. The van der Waals surface area contributed by atoms with Crippen molar-refractivity contribution >= 4 is 5.91 Å². The number of nitrogens with one attached hydrogen (secondary N) is 1. The summed E-state index contributed by atoms with van der Waals surface area (Å²) < 4.78 is 0. The molecule has 1 amide bonds. The van der Waals surface area contributed by atoms with Gasteiger partial charge in [0.2, 0.25) is 5.91 Å². The van der Waals surface area contributed by atoms with Crippen molar-refractivity contribution in [3.05, 3.63) is 12.7 Å². The maximum absolute atomic E-state index is 11.0. The highest BCUT2D eigenvalue weighted by Gasteiger charge is 2.38. The van der Waals surface area contributed by atoms with Gasteiger partial charge in [0.05, 0.1) is 5.92 Å². The highest BCUT2D eigenvalue weighted by Crippen LogP contribution is 2.31. The Morgan fingerprint density at radius 1 is 1.80 bits per heavy atom. The van der Waals surface area contributed by atoms with Gasteiger partial charge in [0, 0.05) is 6.54 Å². The van der Waals surface area contributed by atoms with Crippen LogP contribution in [0.4, 0.5) is 0 Å². The van der Waals surface area contributed by atoms with Crippen LogP contribution in [-0.4, -0.2) is 12.5 Å². The van der Waals surface area contributed by atoms with Crippen LogP contribution in [0.2, 0.25) is 0 Å². The average molecular weight is 139 g/mol. The number of carbonyl (C=O) groups is 1. The Kier molecular flexibility index (Phi) is 1.55. The van der Waals surface area contributed by atoms with Gasteiger partial charge in [0.1, 0.15) is 0 Å². The van der Waals surface area contributed by atoms with Gasteiger partial charge in [0.15, 0.2) is 0 Å². The lowest BCUT2D eigenvalue weighted by Gasteiger charge is -2.19. The van der Waals surface area contributed by atoms with E-state index >= 15 is 0 Å². The first-order valence-corrected chi connectivity index (χ1v) is 3.48. The summed E-state index contributed by atoms with van der Waals surface area (Å²) in [6, 6.07) is 0. The van der Waals surface area contributed by atoms with E-state index < -0.39 is 0 Å². The Morgan fingerprint density at radius 3 is 2.60 bits per heavy atom. The van der Waals surface area contributed by atoms with Gasteiger partial charge >= 0.3 is 0 Å². The first-order valence-electron chi connectivity index (χ1n) is 3.48. The maximum Gasteiger partial charge on any atom is 0.227 e. The summed E-state index contributed by atoms with van der Waals surface area (Å²) in [6.45, 7) is 8.53. The molecular formula is C8H13NO.